The molecule has 2 heterocycles. The minimum Gasteiger partial charge on any atom is -0.332 e. The Labute approximate surface area is 146 Å². The van der Waals surface area contributed by atoms with Gasteiger partial charge >= 0.3 is 0 Å². The van der Waals surface area contributed by atoms with Crippen molar-refractivity contribution in [2.45, 2.75) is 45.2 Å². The third-order valence-electron chi connectivity index (χ3n) is 6.51. The zero-order valence-electron chi connectivity index (χ0n) is 15.1. The number of piperidine rings is 2. The van der Waals surface area contributed by atoms with Gasteiger partial charge in [-0.3, -0.25) is 0 Å². The zero-order valence-corrected chi connectivity index (χ0v) is 15.1. The Hall–Kier alpha value is -1.38. The maximum absolute atomic E-state index is 2.42. The highest BCUT2D eigenvalue weighted by atomic mass is 15.2. The van der Waals surface area contributed by atoms with Crippen LogP contribution < -0.4 is 9.80 Å². The molecule has 2 fully saturated rings. The predicted molar refractivity (Wildman–Crippen MR) is 100 cm³/mol. The molecular weight excluding hydrogens is 292 g/mol. The van der Waals surface area contributed by atoms with Crippen molar-refractivity contribution in [3.8, 4) is 0 Å². The molecule has 0 amide bonds. The topological polar surface area (TPSA) is 8.88 Å². The first-order valence-electron chi connectivity index (χ1n) is 9.94. The molecule has 2 aliphatic heterocycles. The highest BCUT2D eigenvalue weighted by Gasteiger charge is 2.32. The molecule has 4 rings (SSSR count). The van der Waals surface area contributed by atoms with E-state index in [4.69, 9.17) is 0 Å². The second-order valence-electron chi connectivity index (χ2n) is 8.18. The van der Waals surface area contributed by atoms with E-state index in [1.807, 2.05) is 4.90 Å². The van der Waals surface area contributed by atoms with Crippen molar-refractivity contribution in [2.24, 2.45) is 5.92 Å². The number of likely N-dealkylation sites (tertiary alicyclic amines) is 2. The number of rotatable bonds is 3. The Morgan fingerprint density at radius 1 is 0.833 bits per heavy atom. The van der Waals surface area contributed by atoms with E-state index in [1.54, 1.807) is 4.90 Å². The summed E-state index contributed by atoms with van der Waals surface area (Å²) in [5.74, 6) is 0.964. The Bertz CT molecular complexity index is 659. The lowest BCUT2D eigenvalue weighted by Gasteiger charge is -2.37. The normalized spacial score (nSPS) is 31.2. The lowest BCUT2D eigenvalue weighted by Crippen LogP contribution is -3.20. The molecule has 2 nitrogen and oxygen atoms in total. The van der Waals surface area contributed by atoms with Gasteiger partial charge in [-0.1, -0.05) is 49.4 Å². The van der Waals surface area contributed by atoms with Crippen LogP contribution in [-0.2, 0) is 6.54 Å². The van der Waals surface area contributed by atoms with E-state index in [-0.39, 0.29) is 0 Å². The highest BCUT2D eigenvalue weighted by Crippen LogP contribution is 2.18. The average molecular weight is 325 g/mol. The van der Waals surface area contributed by atoms with Gasteiger partial charge in [0.15, 0.2) is 0 Å². The first-order chi connectivity index (χ1) is 11.8. The second-order valence-corrected chi connectivity index (χ2v) is 8.18. The fraction of sp³-hybridized carbons (Fsp3) is 0.545. The maximum atomic E-state index is 2.42. The largest absolute Gasteiger partial charge is 0.332 e. The van der Waals surface area contributed by atoms with E-state index in [9.17, 15) is 0 Å². The molecule has 2 aromatic carbocycles. The molecule has 0 bridgehead atoms. The molecule has 128 valence electrons. The monoisotopic (exact) mass is 324 g/mol. The summed E-state index contributed by atoms with van der Waals surface area (Å²) in [6, 6.07) is 16.6. The standard InChI is InChI=1S/C22H30N2/c1-18-9-15-24(16-10-18)21-11-13-23(14-12-21)17-20-7-4-6-19-5-2-3-8-22(19)20/h2-8,18,21H,9-17H2,1H3/p+2. The molecule has 0 aromatic heterocycles. The molecular formula is C22H32N2+2. The summed E-state index contributed by atoms with van der Waals surface area (Å²) >= 11 is 0. The van der Waals surface area contributed by atoms with Gasteiger partial charge in [0.2, 0.25) is 0 Å². The van der Waals surface area contributed by atoms with Crippen molar-refractivity contribution < 1.29 is 9.80 Å². The van der Waals surface area contributed by atoms with Gasteiger partial charge in [-0.2, -0.15) is 0 Å². The van der Waals surface area contributed by atoms with Crippen LogP contribution in [0.1, 0.15) is 38.2 Å². The van der Waals surface area contributed by atoms with E-state index in [0.717, 1.165) is 12.0 Å². The van der Waals surface area contributed by atoms with Gasteiger partial charge in [0.1, 0.15) is 6.54 Å². The Morgan fingerprint density at radius 2 is 1.54 bits per heavy atom. The van der Waals surface area contributed by atoms with E-state index in [0.29, 0.717) is 0 Å². The van der Waals surface area contributed by atoms with Gasteiger partial charge in [0.25, 0.3) is 0 Å². The van der Waals surface area contributed by atoms with Crippen LogP contribution >= 0.6 is 0 Å². The number of fused-ring (bicyclic) bond motifs is 1. The molecule has 0 unspecified atom stereocenters. The number of hydrogen-bond donors (Lipinski definition) is 2. The molecule has 2 N–H and O–H groups in total. The van der Waals surface area contributed by atoms with Gasteiger partial charge < -0.3 is 9.80 Å². The number of hydrogen-bond acceptors (Lipinski definition) is 0. The quantitative estimate of drug-likeness (QED) is 0.850. The Kier molecular flexibility index (Phi) is 4.86. The van der Waals surface area contributed by atoms with Gasteiger partial charge in [-0.25, -0.2) is 0 Å². The Morgan fingerprint density at radius 3 is 2.33 bits per heavy atom. The molecule has 0 aliphatic carbocycles. The average Bonchev–Trinajstić information content (AvgIpc) is 2.63. The van der Waals surface area contributed by atoms with Crippen LogP contribution in [-0.4, -0.2) is 32.2 Å². The summed E-state index contributed by atoms with van der Waals surface area (Å²) in [5.41, 5.74) is 1.53. The number of benzene rings is 2. The fourth-order valence-electron chi connectivity index (χ4n) is 4.87. The van der Waals surface area contributed by atoms with Crippen LogP contribution in [0.25, 0.3) is 10.8 Å². The van der Waals surface area contributed by atoms with Crippen molar-refractivity contribution in [3.63, 3.8) is 0 Å². The van der Waals surface area contributed by atoms with Crippen LogP contribution in [0.4, 0.5) is 0 Å². The first kappa shape index (κ1) is 16.1. The van der Waals surface area contributed by atoms with Gasteiger partial charge in [0.05, 0.1) is 32.2 Å². The van der Waals surface area contributed by atoms with Crippen molar-refractivity contribution in [3.05, 3.63) is 48.0 Å². The molecule has 0 radical (unpaired) electrons. The summed E-state index contributed by atoms with van der Waals surface area (Å²) in [6.45, 7) is 9.17. The fourth-order valence-corrected chi connectivity index (χ4v) is 4.87. The summed E-state index contributed by atoms with van der Waals surface area (Å²) in [6.07, 6.45) is 5.73. The minimum atomic E-state index is 0.939. The van der Waals surface area contributed by atoms with E-state index in [2.05, 4.69) is 49.4 Å². The van der Waals surface area contributed by atoms with E-state index < -0.39 is 0 Å². The van der Waals surface area contributed by atoms with Crippen LogP contribution in [0.15, 0.2) is 42.5 Å². The van der Waals surface area contributed by atoms with Crippen molar-refractivity contribution in [2.75, 3.05) is 26.2 Å². The van der Waals surface area contributed by atoms with E-state index >= 15 is 0 Å². The van der Waals surface area contributed by atoms with Crippen LogP contribution in [0.2, 0.25) is 0 Å². The van der Waals surface area contributed by atoms with Crippen molar-refractivity contribution in [1.29, 1.82) is 0 Å². The molecule has 2 aliphatic rings. The first-order valence-corrected chi connectivity index (χ1v) is 9.94. The molecule has 24 heavy (non-hydrogen) atoms. The van der Waals surface area contributed by atoms with Crippen LogP contribution in [0.3, 0.4) is 0 Å². The van der Waals surface area contributed by atoms with Gasteiger partial charge in [0, 0.05) is 18.4 Å². The lowest BCUT2D eigenvalue weighted by atomic mass is 9.94. The van der Waals surface area contributed by atoms with Crippen LogP contribution in [0.5, 0.6) is 0 Å². The predicted octanol–water partition coefficient (Wildman–Crippen LogP) is 1.70. The molecule has 2 heteroatoms. The molecule has 2 saturated heterocycles. The maximum Gasteiger partial charge on any atom is 0.103 e. The van der Waals surface area contributed by atoms with Crippen molar-refractivity contribution >= 4 is 10.8 Å². The summed E-state index contributed by atoms with van der Waals surface area (Å²) in [7, 11) is 0. The number of quaternary nitrogens is 2. The summed E-state index contributed by atoms with van der Waals surface area (Å²) < 4.78 is 0. The molecule has 0 atom stereocenters. The molecule has 0 saturated carbocycles. The Balaban J connectivity index is 1.36. The third kappa shape index (κ3) is 3.50. The molecule has 0 spiro atoms. The summed E-state index contributed by atoms with van der Waals surface area (Å²) in [5, 5.41) is 2.83. The van der Waals surface area contributed by atoms with Gasteiger partial charge in [-0.15, -0.1) is 0 Å². The third-order valence-corrected chi connectivity index (χ3v) is 6.51. The second kappa shape index (κ2) is 7.25. The molecule has 2 aromatic rings. The van der Waals surface area contributed by atoms with Crippen LogP contribution in [0, 0.1) is 5.92 Å². The SMILES string of the molecule is CC1CC[NH+](C2CC[NH+](Cc3cccc4ccccc34)CC2)CC1. The van der Waals surface area contributed by atoms with Crippen molar-refractivity contribution in [1.82, 2.24) is 0 Å². The summed E-state index contributed by atoms with van der Waals surface area (Å²) in [4.78, 5) is 3.70. The highest BCUT2D eigenvalue weighted by molar-refractivity contribution is 5.85. The smallest absolute Gasteiger partial charge is 0.103 e. The van der Waals surface area contributed by atoms with Gasteiger partial charge in [-0.05, 0) is 29.5 Å². The number of nitrogens with one attached hydrogen (secondary N) is 2. The lowest BCUT2D eigenvalue weighted by molar-refractivity contribution is -0.966. The van der Waals surface area contributed by atoms with E-state index in [1.165, 1.54) is 74.7 Å². The zero-order chi connectivity index (χ0) is 16.4. The minimum absolute atomic E-state index is 0.939.